The molecule has 0 saturated carbocycles. The highest BCUT2D eigenvalue weighted by Crippen LogP contribution is 2.44. The van der Waals surface area contributed by atoms with Crippen molar-refractivity contribution in [3.63, 3.8) is 0 Å². The third-order valence-corrected chi connectivity index (χ3v) is 9.38. The monoisotopic (exact) mass is 625 g/mol. The lowest BCUT2D eigenvalue weighted by molar-refractivity contribution is 1.07. The van der Waals surface area contributed by atoms with E-state index in [0.717, 1.165) is 28.7 Å². The van der Waals surface area contributed by atoms with Gasteiger partial charge >= 0.3 is 0 Å². The van der Waals surface area contributed by atoms with Gasteiger partial charge in [-0.3, -0.25) is 0 Å². The van der Waals surface area contributed by atoms with Crippen LogP contribution in [0.4, 0.5) is 0 Å². The summed E-state index contributed by atoms with van der Waals surface area (Å²) in [7, 11) is 0. The van der Waals surface area contributed by atoms with Crippen molar-refractivity contribution >= 4 is 0 Å². The van der Waals surface area contributed by atoms with Crippen LogP contribution in [0.3, 0.4) is 0 Å². The molecule has 0 amide bonds. The maximum atomic E-state index is 4.96. The van der Waals surface area contributed by atoms with E-state index < -0.39 is 0 Å². The first-order chi connectivity index (χ1) is 24.3. The number of nitrogens with zero attached hydrogens (tertiary/aromatic N) is 3. The molecule has 3 nitrogen and oxygen atoms in total. The predicted molar refractivity (Wildman–Crippen MR) is 201 cm³/mol. The van der Waals surface area contributed by atoms with Crippen molar-refractivity contribution in [1.29, 1.82) is 0 Å². The van der Waals surface area contributed by atoms with E-state index in [-0.39, 0.29) is 0 Å². The lowest BCUT2D eigenvalue weighted by Gasteiger charge is -2.11. The summed E-state index contributed by atoms with van der Waals surface area (Å²) in [5.74, 6) is 1.98. The number of rotatable bonds is 6. The molecule has 1 aromatic heterocycles. The molecule has 0 N–H and O–H groups in total. The maximum Gasteiger partial charge on any atom is 0.164 e. The van der Waals surface area contributed by atoms with Gasteiger partial charge in [0, 0.05) is 16.7 Å². The normalized spacial score (nSPS) is 11.6. The molecule has 1 aliphatic rings. The van der Waals surface area contributed by atoms with E-state index >= 15 is 0 Å². The van der Waals surface area contributed by atoms with Crippen molar-refractivity contribution in [2.45, 2.75) is 6.42 Å². The van der Waals surface area contributed by atoms with Gasteiger partial charge in [-0.1, -0.05) is 158 Å². The molecule has 0 bridgehead atoms. The number of fused-ring (bicyclic) bond motifs is 3. The Morgan fingerprint density at radius 1 is 0.286 bits per heavy atom. The summed E-state index contributed by atoms with van der Waals surface area (Å²) in [4.78, 5) is 14.8. The Balaban J connectivity index is 1.09. The van der Waals surface area contributed by atoms with Gasteiger partial charge in [-0.25, -0.2) is 15.0 Å². The van der Waals surface area contributed by atoms with Gasteiger partial charge in [-0.2, -0.15) is 0 Å². The van der Waals surface area contributed by atoms with Gasteiger partial charge in [0.15, 0.2) is 17.5 Å². The van der Waals surface area contributed by atoms with Crippen LogP contribution in [0.5, 0.6) is 0 Å². The first-order valence-corrected chi connectivity index (χ1v) is 16.7. The zero-order chi connectivity index (χ0) is 32.6. The highest BCUT2D eigenvalue weighted by Gasteiger charge is 2.22. The Hall–Kier alpha value is -6.45. The molecule has 1 heterocycles. The van der Waals surface area contributed by atoms with E-state index in [1.165, 1.54) is 50.1 Å². The standard InChI is InChI=1S/C46H31N3/c1-4-13-31(14-5-1)34-19-10-21-37(27-34)40-23-12-24-41-42-29-36(25-26-38(42)30-43(40)41)35-20-11-22-39(28-35)46-48-44(32-15-6-2-7-16-32)47-45(49-46)33-17-8-3-9-18-33/h1-29H,30H2. The van der Waals surface area contributed by atoms with Crippen LogP contribution in [0.2, 0.25) is 0 Å². The van der Waals surface area contributed by atoms with E-state index in [4.69, 9.17) is 15.0 Å². The van der Waals surface area contributed by atoms with Gasteiger partial charge in [0.2, 0.25) is 0 Å². The molecule has 7 aromatic carbocycles. The zero-order valence-corrected chi connectivity index (χ0v) is 26.8. The Morgan fingerprint density at radius 3 is 1.39 bits per heavy atom. The number of aromatic nitrogens is 3. The van der Waals surface area contributed by atoms with E-state index in [1.807, 2.05) is 60.7 Å². The van der Waals surface area contributed by atoms with Gasteiger partial charge in [0.1, 0.15) is 0 Å². The maximum absolute atomic E-state index is 4.96. The topological polar surface area (TPSA) is 38.7 Å². The molecular weight excluding hydrogens is 595 g/mol. The number of hydrogen-bond acceptors (Lipinski definition) is 3. The minimum Gasteiger partial charge on any atom is -0.208 e. The highest BCUT2D eigenvalue weighted by molar-refractivity contribution is 5.88. The summed E-state index contributed by atoms with van der Waals surface area (Å²) >= 11 is 0. The minimum atomic E-state index is 0.656. The van der Waals surface area contributed by atoms with Crippen LogP contribution in [-0.4, -0.2) is 15.0 Å². The van der Waals surface area contributed by atoms with Gasteiger partial charge in [-0.05, 0) is 80.3 Å². The molecule has 0 radical (unpaired) electrons. The van der Waals surface area contributed by atoms with Crippen LogP contribution in [0, 0.1) is 0 Å². The van der Waals surface area contributed by atoms with Gasteiger partial charge in [0.25, 0.3) is 0 Å². The molecular formula is C46H31N3. The molecule has 49 heavy (non-hydrogen) atoms. The molecule has 1 aliphatic carbocycles. The Bertz CT molecular complexity index is 2390. The van der Waals surface area contributed by atoms with Crippen LogP contribution in [-0.2, 0) is 6.42 Å². The third kappa shape index (κ3) is 5.52. The van der Waals surface area contributed by atoms with Crippen molar-refractivity contribution in [3.05, 3.63) is 187 Å². The SMILES string of the molecule is c1ccc(-c2cccc(-c3cccc4c3Cc3ccc(-c5cccc(-c6nc(-c7ccccc7)nc(-c7ccccc7)n6)c5)cc3-4)c2)cc1. The van der Waals surface area contributed by atoms with Gasteiger partial charge < -0.3 is 0 Å². The molecule has 230 valence electrons. The fraction of sp³-hybridized carbons (Fsp3) is 0.0217. The summed E-state index contributed by atoms with van der Waals surface area (Å²) in [5.41, 5.74) is 15.6. The number of benzene rings is 7. The average Bonchev–Trinajstić information content (AvgIpc) is 3.57. The molecule has 8 aromatic rings. The third-order valence-electron chi connectivity index (χ3n) is 9.38. The van der Waals surface area contributed by atoms with Crippen LogP contribution in [0.15, 0.2) is 176 Å². The summed E-state index contributed by atoms with van der Waals surface area (Å²) in [5, 5.41) is 0. The predicted octanol–water partition coefficient (Wildman–Crippen LogP) is 11.4. The van der Waals surface area contributed by atoms with Crippen molar-refractivity contribution in [3.8, 4) is 78.7 Å². The number of hydrogen-bond donors (Lipinski definition) is 0. The minimum absolute atomic E-state index is 0.656. The molecule has 0 aliphatic heterocycles. The first kappa shape index (κ1) is 28.7. The van der Waals surface area contributed by atoms with Crippen LogP contribution >= 0.6 is 0 Å². The summed E-state index contributed by atoms with van der Waals surface area (Å²) in [6, 6.07) is 61.9. The molecule has 9 rings (SSSR count). The Labute approximate surface area is 286 Å². The molecule has 3 heteroatoms. The van der Waals surface area contributed by atoms with E-state index in [9.17, 15) is 0 Å². The van der Waals surface area contributed by atoms with Gasteiger partial charge in [-0.15, -0.1) is 0 Å². The summed E-state index contributed by atoms with van der Waals surface area (Å²) in [6.07, 6.45) is 0.923. The van der Waals surface area contributed by atoms with E-state index in [0.29, 0.717) is 17.5 Å². The average molecular weight is 626 g/mol. The Morgan fingerprint density at radius 2 is 0.735 bits per heavy atom. The van der Waals surface area contributed by atoms with Crippen molar-refractivity contribution in [2.24, 2.45) is 0 Å². The second kappa shape index (κ2) is 12.3. The summed E-state index contributed by atoms with van der Waals surface area (Å²) in [6.45, 7) is 0. The first-order valence-electron chi connectivity index (χ1n) is 16.7. The van der Waals surface area contributed by atoms with E-state index in [1.54, 1.807) is 0 Å². The highest BCUT2D eigenvalue weighted by atomic mass is 15.0. The fourth-order valence-electron chi connectivity index (χ4n) is 6.92. The largest absolute Gasteiger partial charge is 0.208 e. The van der Waals surface area contributed by atoms with Gasteiger partial charge in [0.05, 0.1) is 0 Å². The van der Waals surface area contributed by atoms with Crippen LogP contribution in [0.1, 0.15) is 11.1 Å². The molecule has 0 unspecified atom stereocenters. The quantitative estimate of drug-likeness (QED) is 0.185. The molecule has 0 atom stereocenters. The van der Waals surface area contributed by atoms with Crippen molar-refractivity contribution in [1.82, 2.24) is 15.0 Å². The Kier molecular flexibility index (Phi) is 7.21. The van der Waals surface area contributed by atoms with Crippen LogP contribution < -0.4 is 0 Å². The zero-order valence-electron chi connectivity index (χ0n) is 26.8. The fourth-order valence-corrected chi connectivity index (χ4v) is 6.92. The lowest BCUT2D eigenvalue weighted by Crippen LogP contribution is -2.00. The second-order valence-electron chi connectivity index (χ2n) is 12.4. The van der Waals surface area contributed by atoms with Crippen molar-refractivity contribution in [2.75, 3.05) is 0 Å². The van der Waals surface area contributed by atoms with Crippen molar-refractivity contribution < 1.29 is 0 Å². The second-order valence-corrected chi connectivity index (χ2v) is 12.4. The van der Waals surface area contributed by atoms with Crippen LogP contribution in [0.25, 0.3) is 78.7 Å². The summed E-state index contributed by atoms with van der Waals surface area (Å²) < 4.78 is 0. The smallest absolute Gasteiger partial charge is 0.164 e. The molecule has 0 saturated heterocycles. The van der Waals surface area contributed by atoms with E-state index in [2.05, 4.69) is 115 Å². The molecule has 0 spiro atoms. The lowest BCUT2D eigenvalue weighted by atomic mass is 9.93. The molecule has 0 fully saturated rings.